The van der Waals surface area contributed by atoms with Crippen LogP contribution in [-0.4, -0.2) is 37.1 Å². The number of likely N-dealkylation sites (N-methyl/N-ethyl adjacent to an activating group) is 1. The molecule has 1 N–H and O–H groups in total. The summed E-state index contributed by atoms with van der Waals surface area (Å²) in [6, 6.07) is 1.39. The molecule has 0 aromatic rings. The molecule has 0 amide bonds. The predicted molar refractivity (Wildman–Crippen MR) is 90.3 cm³/mol. The van der Waals surface area contributed by atoms with Crippen molar-refractivity contribution in [1.29, 1.82) is 0 Å². The molecule has 2 heteroatoms. The molecular formula is C18H38N2. The van der Waals surface area contributed by atoms with E-state index in [-0.39, 0.29) is 0 Å². The van der Waals surface area contributed by atoms with Gasteiger partial charge >= 0.3 is 0 Å². The lowest BCUT2D eigenvalue weighted by Gasteiger charge is -2.37. The zero-order valence-electron chi connectivity index (χ0n) is 14.5. The molecule has 20 heavy (non-hydrogen) atoms. The Kier molecular flexibility index (Phi) is 9.54. The van der Waals surface area contributed by atoms with Gasteiger partial charge in [-0.05, 0) is 51.6 Å². The van der Waals surface area contributed by atoms with Crippen LogP contribution in [0.4, 0.5) is 0 Å². The molecule has 1 saturated carbocycles. The van der Waals surface area contributed by atoms with Gasteiger partial charge in [0.25, 0.3) is 0 Å². The van der Waals surface area contributed by atoms with Gasteiger partial charge in [0.1, 0.15) is 0 Å². The number of hydrogen-bond acceptors (Lipinski definition) is 2. The number of nitrogens with zero attached hydrogens (tertiary/aromatic N) is 1. The van der Waals surface area contributed by atoms with Gasteiger partial charge in [0.15, 0.2) is 0 Å². The third kappa shape index (κ3) is 6.13. The van der Waals surface area contributed by atoms with Crippen LogP contribution >= 0.6 is 0 Å². The quantitative estimate of drug-likeness (QED) is 0.637. The molecule has 0 aromatic carbocycles. The monoisotopic (exact) mass is 282 g/mol. The van der Waals surface area contributed by atoms with E-state index in [1.165, 1.54) is 70.9 Å². The van der Waals surface area contributed by atoms with E-state index in [9.17, 15) is 0 Å². The van der Waals surface area contributed by atoms with E-state index in [4.69, 9.17) is 0 Å². The molecule has 0 spiro atoms. The number of nitrogens with one attached hydrogen (secondary N) is 1. The summed E-state index contributed by atoms with van der Waals surface area (Å²) in [6.45, 7) is 9.42. The Bertz CT molecular complexity index is 223. The van der Waals surface area contributed by atoms with E-state index < -0.39 is 0 Å². The van der Waals surface area contributed by atoms with E-state index in [2.05, 4.69) is 38.0 Å². The van der Waals surface area contributed by atoms with Crippen LogP contribution in [0, 0.1) is 5.92 Å². The highest BCUT2D eigenvalue weighted by molar-refractivity contribution is 4.83. The molecule has 0 aromatic heterocycles. The molecule has 1 fully saturated rings. The Balaban J connectivity index is 2.50. The minimum Gasteiger partial charge on any atom is -0.312 e. The second-order valence-electron chi connectivity index (χ2n) is 6.77. The van der Waals surface area contributed by atoms with Crippen molar-refractivity contribution < 1.29 is 0 Å². The van der Waals surface area contributed by atoms with E-state index in [1.807, 2.05) is 0 Å². The van der Waals surface area contributed by atoms with Crippen molar-refractivity contribution in [2.75, 3.05) is 20.1 Å². The third-order valence-corrected chi connectivity index (χ3v) is 4.98. The van der Waals surface area contributed by atoms with E-state index >= 15 is 0 Å². The van der Waals surface area contributed by atoms with Gasteiger partial charge in [-0.25, -0.2) is 0 Å². The van der Waals surface area contributed by atoms with Crippen molar-refractivity contribution in [3.63, 3.8) is 0 Å². The van der Waals surface area contributed by atoms with Crippen molar-refractivity contribution in [2.24, 2.45) is 5.92 Å². The summed E-state index contributed by atoms with van der Waals surface area (Å²) in [7, 11) is 2.36. The van der Waals surface area contributed by atoms with Crippen molar-refractivity contribution in [3.8, 4) is 0 Å². The van der Waals surface area contributed by atoms with Gasteiger partial charge in [-0.15, -0.1) is 0 Å². The molecule has 2 nitrogen and oxygen atoms in total. The lowest BCUT2D eigenvalue weighted by molar-refractivity contribution is 0.142. The summed E-state index contributed by atoms with van der Waals surface area (Å²) < 4.78 is 0. The second kappa shape index (κ2) is 10.6. The average Bonchev–Trinajstić information content (AvgIpc) is 2.46. The van der Waals surface area contributed by atoms with Crippen LogP contribution in [0.25, 0.3) is 0 Å². The normalized spacial score (nSPS) is 20.2. The fourth-order valence-electron chi connectivity index (χ4n) is 3.89. The molecule has 120 valence electrons. The Morgan fingerprint density at radius 1 is 1.05 bits per heavy atom. The van der Waals surface area contributed by atoms with Crippen LogP contribution in [-0.2, 0) is 0 Å². The third-order valence-electron chi connectivity index (χ3n) is 4.98. The Labute approximate surface area is 127 Å². The summed E-state index contributed by atoms with van der Waals surface area (Å²) in [4.78, 5) is 2.67. The maximum absolute atomic E-state index is 3.80. The molecule has 1 rings (SSSR count). The van der Waals surface area contributed by atoms with Crippen LogP contribution < -0.4 is 5.32 Å². The molecule has 1 aliphatic carbocycles. The summed E-state index contributed by atoms with van der Waals surface area (Å²) in [6.07, 6.45) is 12.4. The van der Waals surface area contributed by atoms with Crippen LogP contribution in [0.2, 0.25) is 0 Å². The maximum atomic E-state index is 3.80. The highest BCUT2D eigenvalue weighted by Gasteiger charge is 2.25. The molecule has 0 saturated heterocycles. The summed E-state index contributed by atoms with van der Waals surface area (Å²) in [5.41, 5.74) is 0. The van der Waals surface area contributed by atoms with Gasteiger partial charge < -0.3 is 10.2 Å². The highest BCUT2D eigenvalue weighted by atomic mass is 15.2. The van der Waals surface area contributed by atoms with E-state index in [0.29, 0.717) is 12.1 Å². The lowest BCUT2D eigenvalue weighted by Crippen LogP contribution is -2.49. The number of rotatable bonds is 10. The minimum atomic E-state index is 0.679. The van der Waals surface area contributed by atoms with Gasteiger partial charge in [0.05, 0.1) is 0 Å². The Hall–Kier alpha value is -0.0800. The first kappa shape index (κ1) is 18.0. The average molecular weight is 283 g/mol. The van der Waals surface area contributed by atoms with Gasteiger partial charge in [-0.3, -0.25) is 0 Å². The Morgan fingerprint density at radius 3 is 2.30 bits per heavy atom. The van der Waals surface area contributed by atoms with Gasteiger partial charge in [0.2, 0.25) is 0 Å². The first-order valence-electron chi connectivity index (χ1n) is 9.16. The van der Waals surface area contributed by atoms with Gasteiger partial charge in [-0.1, -0.05) is 46.5 Å². The zero-order chi connectivity index (χ0) is 14.8. The van der Waals surface area contributed by atoms with E-state index in [0.717, 1.165) is 5.92 Å². The minimum absolute atomic E-state index is 0.679. The van der Waals surface area contributed by atoms with Crippen molar-refractivity contribution >= 4 is 0 Å². The predicted octanol–water partition coefficient (Wildman–Crippen LogP) is 4.45. The molecule has 1 aliphatic rings. The van der Waals surface area contributed by atoms with Gasteiger partial charge in [-0.2, -0.15) is 0 Å². The van der Waals surface area contributed by atoms with Crippen molar-refractivity contribution in [1.82, 2.24) is 10.2 Å². The standard InChI is InChI=1S/C18H38N2/c1-5-11-17(19-14-6-2)18(7-3)20(4)15-16-12-9-8-10-13-16/h16-19H,5-15H2,1-4H3. The summed E-state index contributed by atoms with van der Waals surface area (Å²) >= 11 is 0. The van der Waals surface area contributed by atoms with Crippen LogP contribution in [0.15, 0.2) is 0 Å². The van der Waals surface area contributed by atoms with Gasteiger partial charge in [0, 0.05) is 18.6 Å². The first-order valence-corrected chi connectivity index (χ1v) is 9.16. The molecule has 0 bridgehead atoms. The number of hydrogen-bond donors (Lipinski definition) is 1. The second-order valence-corrected chi connectivity index (χ2v) is 6.77. The molecule has 2 atom stereocenters. The maximum Gasteiger partial charge on any atom is 0.0243 e. The molecule has 2 unspecified atom stereocenters. The Morgan fingerprint density at radius 2 is 1.75 bits per heavy atom. The fraction of sp³-hybridized carbons (Fsp3) is 1.00. The SMILES string of the molecule is CCCNC(CCC)C(CC)N(C)CC1CCCCC1. The van der Waals surface area contributed by atoms with Crippen LogP contribution in [0.3, 0.4) is 0 Å². The molecule has 0 aliphatic heterocycles. The lowest BCUT2D eigenvalue weighted by atomic mass is 9.88. The highest BCUT2D eigenvalue weighted by Crippen LogP contribution is 2.25. The van der Waals surface area contributed by atoms with Crippen LogP contribution in [0.5, 0.6) is 0 Å². The fourth-order valence-corrected chi connectivity index (χ4v) is 3.89. The molecular weight excluding hydrogens is 244 g/mol. The molecule has 0 radical (unpaired) electrons. The smallest absolute Gasteiger partial charge is 0.0243 e. The van der Waals surface area contributed by atoms with Crippen LogP contribution in [0.1, 0.15) is 78.6 Å². The van der Waals surface area contributed by atoms with E-state index in [1.54, 1.807) is 0 Å². The molecule has 0 heterocycles. The zero-order valence-corrected chi connectivity index (χ0v) is 14.5. The topological polar surface area (TPSA) is 15.3 Å². The van der Waals surface area contributed by atoms with Crippen molar-refractivity contribution in [2.45, 2.75) is 90.6 Å². The largest absolute Gasteiger partial charge is 0.312 e. The van der Waals surface area contributed by atoms with Crippen molar-refractivity contribution in [3.05, 3.63) is 0 Å². The summed E-state index contributed by atoms with van der Waals surface area (Å²) in [5, 5.41) is 3.80. The summed E-state index contributed by atoms with van der Waals surface area (Å²) in [5.74, 6) is 0.955. The first-order chi connectivity index (χ1) is 9.72.